The summed E-state index contributed by atoms with van der Waals surface area (Å²) < 4.78 is 82.0. The van der Waals surface area contributed by atoms with Gasteiger partial charge in [0.1, 0.15) is 0 Å². The van der Waals surface area contributed by atoms with Gasteiger partial charge in [0, 0.05) is 13.1 Å². The highest BCUT2D eigenvalue weighted by Crippen LogP contribution is 2.47. The highest BCUT2D eigenvalue weighted by molar-refractivity contribution is 6.12. The molecule has 0 spiro atoms. The lowest BCUT2D eigenvalue weighted by Gasteiger charge is -2.23. The molecule has 9 heteroatoms. The lowest BCUT2D eigenvalue weighted by atomic mass is 9.81. The van der Waals surface area contributed by atoms with Gasteiger partial charge in [-0.1, -0.05) is 103 Å². The molecule has 264 valence electrons. The number of benzene rings is 7. The van der Waals surface area contributed by atoms with Crippen molar-refractivity contribution in [3.63, 3.8) is 0 Å². The van der Waals surface area contributed by atoms with Crippen LogP contribution >= 0.6 is 0 Å². The summed E-state index contributed by atoms with van der Waals surface area (Å²) >= 11 is 0. The van der Waals surface area contributed by atoms with Gasteiger partial charge in [-0.05, 0) is 108 Å². The molecule has 0 radical (unpaired) electrons. The Balaban J connectivity index is 1.43. The number of nitrogens with one attached hydrogen (secondary N) is 2. The van der Waals surface area contributed by atoms with Crippen molar-refractivity contribution in [3.8, 4) is 33.4 Å². The summed E-state index contributed by atoms with van der Waals surface area (Å²) in [6, 6.07) is 40.0. The van der Waals surface area contributed by atoms with Crippen molar-refractivity contribution in [1.82, 2.24) is 10.6 Å². The average Bonchev–Trinajstić information content (AvgIpc) is 3.24. The van der Waals surface area contributed by atoms with Gasteiger partial charge in [-0.3, -0.25) is 0 Å². The molecule has 0 unspecified atom stereocenters. The first-order valence-corrected chi connectivity index (χ1v) is 17.1. The zero-order valence-electron chi connectivity index (χ0n) is 28.1. The maximum atomic E-state index is 13.7. The van der Waals surface area contributed by atoms with Gasteiger partial charge in [0.2, 0.25) is 0 Å². The second-order valence-electron chi connectivity index (χ2n) is 13.0. The number of hydrogen-bond acceptors (Lipinski definition) is 3. The highest BCUT2D eigenvalue weighted by atomic mass is 19.4. The maximum Gasteiger partial charge on any atom is 0.416 e. The molecule has 2 N–H and O–H groups in total. The molecule has 0 bridgehead atoms. The van der Waals surface area contributed by atoms with Gasteiger partial charge in [-0.2, -0.15) is 26.3 Å². The third-order valence-electron chi connectivity index (χ3n) is 9.74. The van der Waals surface area contributed by atoms with Crippen LogP contribution in [0.3, 0.4) is 0 Å². The molecular formula is C44H31F6N3. The second kappa shape index (κ2) is 13.5. The van der Waals surface area contributed by atoms with Crippen LogP contribution in [0.4, 0.5) is 26.3 Å². The normalized spacial score (nSPS) is 13.3. The van der Waals surface area contributed by atoms with Crippen LogP contribution in [0.1, 0.15) is 27.8 Å². The second-order valence-corrected chi connectivity index (χ2v) is 13.0. The van der Waals surface area contributed by atoms with E-state index in [1.54, 1.807) is 0 Å². The molecular weight excluding hydrogens is 684 g/mol. The molecule has 0 atom stereocenters. The SMILES string of the molecule is FC(F)(F)c1ccc(-c2cc3ccccc3c3c2CN=C(NCc2ccccc2)NCc2c(-c4ccc(C(F)(F)F)cc4)cc4ccccc4c2-3)cc1. The van der Waals surface area contributed by atoms with Crippen molar-refractivity contribution in [3.05, 3.63) is 167 Å². The molecule has 0 fully saturated rings. The van der Waals surface area contributed by atoms with Crippen LogP contribution in [0.15, 0.2) is 145 Å². The van der Waals surface area contributed by atoms with Gasteiger partial charge in [0.25, 0.3) is 0 Å². The number of rotatable bonds is 4. The van der Waals surface area contributed by atoms with E-state index in [-0.39, 0.29) is 13.1 Å². The summed E-state index contributed by atoms with van der Waals surface area (Å²) in [6.07, 6.45) is -8.98. The average molecular weight is 716 g/mol. The highest BCUT2D eigenvalue weighted by Gasteiger charge is 2.32. The number of halogens is 6. The Bertz CT molecular complexity index is 2480. The Labute approximate surface area is 301 Å². The quantitative estimate of drug-likeness (QED) is 0.178. The van der Waals surface area contributed by atoms with Crippen molar-refractivity contribution in [2.75, 3.05) is 0 Å². The molecule has 7 aromatic carbocycles. The van der Waals surface area contributed by atoms with Gasteiger partial charge >= 0.3 is 12.4 Å². The standard InChI is InChI=1S/C44H31F6N3/c45-43(46,47)32-18-14-28(15-19-32)36-22-30-10-4-6-12-34(30)40-38(36)25-52-42(51-24-27-8-2-1-3-9-27)53-26-39-37(23-31-11-5-7-13-35(31)41(39)40)29-16-20-33(21-17-29)44(48,49)50/h1-23H,24-26H2,(H2,51,52,53). The van der Waals surface area contributed by atoms with Gasteiger partial charge < -0.3 is 10.6 Å². The Morgan fingerprint density at radius 2 is 1.02 bits per heavy atom. The van der Waals surface area contributed by atoms with Crippen molar-refractivity contribution in [2.24, 2.45) is 4.99 Å². The Hall–Kier alpha value is -6.09. The van der Waals surface area contributed by atoms with E-state index in [0.29, 0.717) is 23.6 Å². The third kappa shape index (κ3) is 6.70. The molecule has 1 heterocycles. The van der Waals surface area contributed by atoms with E-state index < -0.39 is 23.5 Å². The fourth-order valence-corrected chi connectivity index (χ4v) is 7.18. The molecule has 3 nitrogen and oxygen atoms in total. The molecule has 1 aliphatic rings. The molecule has 0 saturated heterocycles. The summed E-state index contributed by atoms with van der Waals surface area (Å²) in [5, 5.41) is 10.5. The molecule has 53 heavy (non-hydrogen) atoms. The Morgan fingerprint density at radius 3 is 1.55 bits per heavy atom. The van der Waals surface area contributed by atoms with Crippen molar-refractivity contribution >= 4 is 27.5 Å². The molecule has 8 rings (SSSR count). The Morgan fingerprint density at radius 1 is 0.547 bits per heavy atom. The van der Waals surface area contributed by atoms with Crippen LogP contribution in [-0.4, -0.2) is 5.96 Å². The smallest absolute Gasteiger partial charge is 0.352 e. The topological polar surface area (TPSA) is 36.4 Å². The minimum Gasteiger partial charge on any atom is -0.352 e. The number of alkyl halides is 6. The lowest BCUT2D eigenvalue weighted by molar-refractivity contribution is -0.138. The fourth-order valence-electron chi connectivity index (χ4n) is 7.18. The minimum absolute atomic E-state index is 0.179. The van der Waals surface area contributed by atoms with Crippen molar-refractivity contribution < 1.29 is 26.3 Å². The van der Waals surface area contributed by atoms with Crippen LogP contribution in [0, 0.1) is 0 Å². The van der Waals surface area contributed by atoms with E-state index in [9.17, 15) is 26.3 Å². The first-order chi connectivity index (χ1) is 25.5. The summed E-state index contributed by atoms with van der Waals surface area (Å²) in [5.74, 6) is 0.505. The van der Waals surface area contributed by atoms with Crippen LogP contribution in [0.25, 0.3) is 54.9 Å². The third-order valence-corrected chi connectivity index (χ3v) is 9.74. The molecule has 0 aromatic heterocycles. The predicted octanol–water partition coefficient (Wildman–Crippen LogP) is 11.8. The summed E-state index contributed by atoms with van der Waals surface area (Å²) in [4.78, 5) is 5.04. The monoisotopic (exact) mass is 715 g/mol. The number of aliphatic imine (C=N–C) groups is 1. The summed E-state index contributed by atoms with van der Waals surface area (Å²) in [7, 11) is 0. The van der Waals surface area contributed by atoms with E-state index >= 15 is 0 Å². The van der Waals surface area contributed by atoms with E-state index in [4.69, 9.17) is 4.99 Å². The number of fused-ring (bicyclic) bond motifs is 7. The van der Waals surface area contributed by atoms with E-state index in [0.717, 1.165) is 84.8 Å². The van der Waals surface area contributed by atoms with Crippen molar-refractivity contribution in [1.29, 1.82) is 0 Å². The minimum atomic E-state index is -4.49. The lowest BCUT2D eigenvalue weighted by Crippen LogP contribution is -2.36. The maximum absolute atomic E-state index is 13.7. The zero-order valence-corrected chi connectivity index (χ0v) is 28.1. The number of guanidine groups is 1. The van der Waals surface area contributed by atoms with Gasteiger partial charge in [-0.15, -0.1) is 0 Å². The van der Waals surface area contributed by atoms with Gasteiger partial charge in [-0.25, -0.2) is 4.99 Å². The van der Waals surface area contributed by atoms with Crippen LogP contribution in [-0.2, 0) is 32.0 Å². The fraction of sp³-hybridized carbons (Fsp3) is 0.114. The van der Waals surface area contributed by atoms with Gasteiger partial charge in [0.05, 0.1) is 17.7 Å². The molecule has 1 aliphatic heterocycles. The molecule has 0 amide bonds. The summed E-state index contributed by atoms with van der Waals surface area (Å²) in [6.45, 7) is 0.924. The number of nitrogens with zero attached hydrogens (tertiary/aromatic N) is 1. The van der Waals surface area contributed by atoms with E-state index in [1.807, 2.05) is 91.0 Å². The first-order valence-electron chi connectivity index (χ1n) is 17.1. The Kier molecular flexibility index (Phi) is 8.65. The van der Waals surface area contributed by atoms with E-state index in [1.165, 1.54) is 24.3 Å². The van der Waals surface area contributed by atoms with Gasteiger partial charge in [0.15, 0.2) is 5.96 Å². The summed E-state index contributed by atoms with van der Waals surface area (Å²) in [5.41, 5.74) is 5.65. The van der Waals surface area contributed by atoms with Crippen LogP contribution in [0.5, 0.6) is 0 Å². The first kappa shape index (κ1) is 34.0. The largest absolute Gasteiger partial charge is 0.416 e. The van der Waals surface area contributed by atoms with Crippen molar-refractivity contribution in [2.45, 2.75) is 32.0 Å². The molecule has 0 saturated carbocycles. The predicted molar refractivity (Wildman–Crippen MR) is 199 cm³/mol. The van der Waals surface area contributed by atoms with E-state index in [2.05, 4.69) is 10.6 Å². The number of hydrogen-bond donors (Lipinski definition) is 2. The molecule has 0 aliphatic carbocycles. The zero-order chi connectivity index (χ0) is 36.7. The van der Waals surface area contributed by atoms with Crippen LogP contribution in [0.2, 0.25) is 0 Å². The molecule has 7 aromatic rings. The van der Waals surface area contributed by atoms with Crippen LogP contribution < -0.4 is 10.6 Å².